The Morgan fingerprint density at radius 2 is 2.05 bits per heavy atom. The standard InChI is InChI=1S/C13H15N3O5S/c1-8-6-12(10(3)21-8)9(2)15-22(19,20)11-4-5-13(14-7-11)16(17)18/h4-7,9,15H,1-3H3/t9-/m0/s1. The second-order valence-corrected chi connectivity index (χ2v) is 6.53. The van der Waals surface area contributed by atoms with Gasteiger partial charge in [-0.05, 0) is 42.8 Å². The molecule has 8 nitrogen and oxygen atoms in total. The van der Waals surface area contributed by atoms with E-state index in [1.807, 2.05) is 0 Å². The molecule has 0 amide bonds. The molecule has 0 spiro atoms. The van der Waals surface area contributed by atoms with Crippen molar-refractivity contribution in [2.75, 3.05) is 0 Å². The maximum Gasteiger partial charge on any atom is 0.363 e. The molecule has 2 aromatic heterocycles. The van der Waals surface area contributed by atoms with Gasteiger partial charge in [0.15, 0.2) is 6.20 Å². The largest absolute Gasteiger partial charge is 0.466 e. The van der Waals surface area contributed by atoms with Crippen molar-refractivity contribution in [3.05, 3.63) is 51.6 Å². The lowest BCUT2D eigenvalue weighted by Crippen LogP contribution is -2.27. The quantitative estimate of drug-likeness (QED) is 0.666. The van der Waals surface area contributed by atoms with Crippen LogP contribution >= 0.6 is 0 Å². The van der Waals surface area contributed by atoms with Crippen LogP contribution in [0.15, 0.2) is 33.7 Å². The number of furan rings is 1. The number of sulfonamides is 1. The molecule has 2 aromatic rings. The first-order valence-corrected chi connectivity index (χ1v) is 7.88. The molecule has 0 aliphatic rings. The Bertz CT molecular complexity index is 796. The second-order valence-electron chi connectivity index (χ2n) is 4.82. The monoisotopic (exact) mass is 325 g/mol. The van der Waals surface area contributed by atoms with Crippen LogP contribution in [0.3, 0.4) is 0 Å². The maximum absolute atomic E-state index is 12.3. The summed E-state index contributed by atoms with van der Waals surface area (Å²) in [6, 6.07) is 3.45. The van der Waals surface area contributed by atoms with Gasteiger partial charge in [-0.3, -0.25) is 0 Å². The van der Waals surface area contributed by atoms with Crippen LogP contribution in [0, 0.1) is 24.0 Å². The lowest BCUT2D eigenvalue weighted by molar-refractivity contribution is -0.389. The molecule has 118 valence electrons. The van der Waals surface area contributed by atoms with E-state index in [1.54, 1.807) is 26.8 Å². The SMILES string of the molecule is Cc1cc([C@H](C)NS(=O)(=O)c2ccc([N+](=O)[O-])nc2)c(C)o1. The summed E-state index contributed by atoms with van der Waals surface area (Å²) < 4.78 is 32.4. The van der Waals surface area contributed by atoms with E-state index >= 15 is 0 Å². The Morgan fingerprint density at radius 1 is 1.36 bits per heavy atom. The molecule has 2 heterocycles. The molecular formula is C13H15N3O5S. The van der Waals surface area contributed by atoms with Crippen molar-refractivity contribution in [2.24, 2.45) is 0 Å². The van der Waals surface area contributed by atoms with Crippen LogP contribution in [0.25, 0.3) is 0 Å². The van der Waals surface area contributed by atoms with Crippen LogP contribution in [0.2, 0.25) is 0 Å². The molecule has 1 atom stereocenters. The summed E-state index contributed by atoms with van der Waals surface area (Å²) >= 11 is 0. The highest BCUT2D eigenvalue weighted by atomic mass is 32.2. The van der Waals surface area contributed by atoms with Crippen LogP contribution in [0.4, 0.5) is 5.82 Å². The molecule has 0 bridgehead atoms. The topological polar surface area (TPSA) is 115 Å². The third-order valence-corrected chi connectivity index (χ3v) is 4.62. The van der Waals surface area contributed by atoms with Gasteiger partial charge in [0.2, 0.25) is 10.0 Å². The van der Waals surface area contributed by atoms with Gasteiger partial charge in [0.05, 0.1) is 0 Å². The van der Waals surface area contributed by atoms with Gasteiger partial charge >= 0.3 is 5.82 Å². The zero-order chi connectivity index (χ0) is 16.5. The van der Waals surface area contributed by atoms with Gasteiger partial charge in [0.25, 0.3) is 0 Å². The van der Waals surface area contributed by atoms with Crippen LogP contribution in [-0.2, 0) is 10.0 Å². The van der Waals surface area contributed by atoms with Gasteiger partial charge < -0.3 is 14.5 Å². The molecule has 0 radical (unpaired) electrons. The third-order valence-electron chi connectivity index (χ3n) is 3.10. The summed E-state index contributed by atoms with van der Waals surface area (Å²) in [5.74, 6) is 0.915. The summed E-state index contributed by atoms with van der Waals surface area (Å²) in [6.45, 7) is 5.21. The van der Waals surface area contributed by atoms with E-state index in [0.717, 1.165) is 23.9 Å². The number of aromatic nitrogens is 1. The number of aryl methyl sites for hydroxylation is 2. The fourth-order valence-corrected chi connectivity index (χ4v) is 3.25. The van der Waals surface area contributed by atoms with E-state index in [-0.39, 0.29) is 4.90 Å². The van der Waals surface area contributed by atoms with E-state index in [9.17, 15) is 18.5 Å². The number of nitrogens with zero attached hydrogens (tertiary/aromatic N) is 2. The van der Waals surface area contributed by atoms with Gasteiger partial charge in [-0.15, -0.1) is 0 Å². The molecule has 1 N–H and O–H groups in total. The van der Waals surface area contributed by atoms with Gasteiger partial charge in [0.1, 0.15) is 16.4 Å². The molecule has 0 saturated carbocycles. The highest BCUT2D eigenvalue weighted by Crippen LogP contribution is 2.23. The Hall–Kier alpha value is -2.26. The number of hydrogen-bond donors (Lipinski definition) is 1. The molecule has 0 aromatic carbocycles. The maximum atomic E-state index is 12.3. The fraction of sp³-hybridized carbons (Fsp3) is 0.308. The number of nitro groups is 1. The normalized spacial score (nSPS) is 13.0. The van der Waals surface area contributed by atoms with E-state index in [2.05, 4.69) is 9.71 Å². The van der Waals surface area contributed by atoms with E-state index in [1.165, 1.54) is 0 Å². The lowest BCUT2D eigenvalue weighted by atomic mass is 10.1. The summed E-state index contributed by atoms with van der Waals surface area (Å²) in [5.41, 5.74) is 0.732. The predicted octanol–water partition coefficient (Wildman–Crippen LogP) is 2.24. The molecule has 0 aliphatic heterocycles. The molecule has 0 aliphatic carbocycles. The average molecular weight is 325 g/mol. The summed E-state index contributed by atoms with van der Waals surface area (Å²) in [5, 5.41) is 10.5. The Morgan fingerprint density at radius 3 is 2.50 bits per heavy atom. The van der Waals surface area contributed by atoms with Crippen molar-refractivity contribution >= 4 is 15.8 Å². The van der Waals surface area contributed by atoms with Crippen molar-refractivity contribution in [1.82, 2.24) is 9.71 Å². The minimum Gasteiger partial charge on any atom is -0.466 e. The lowest BCUT2D eigenvalue weighted by Gasteiger charge is -2.12. The molecular weight excluding hydrogens is 310 g/mol. The Balaban J connectivity index is 2.23. The van der Waals surface area contributed by atoms with Crippen molar-refractivity contribution in [2.45, 2.75) is 31.7 Å². The third kappa shape index (κ3) is 3.31. The predicted molar refractivity (Wildman–Crippen MR) is 77.8 cm³/mol. The van der Waals surface area contributed by atoms with Crippen LogP contribution in [-0.4, -0.2) is 18.3 Å². The average Bonchev–Trinajstić information content (AvgIpc) is 2.77. The first-order chi connectivity index (χ1) is 10.2. The number of hydrogen-bond acceptors (Lipinski definition) is 6. The summed E-state index contributed by atoms with van der Waals surface area (Å²) in [6.07, 6.45) is 0.959. The van der Waals surface area contributed by atoms with E-state index in [0.29, 0.717) is 11.5 Å². The van der Waals surface area contributed by atoms with Gasteiger partial charge in [-0.2, -0.15) is 0 Å². The highest BCUT2D eigenvalue weighted by molar-refractivity contribution is 7.89. The summed E-state index contributed by atoms with van der Waals surface area (Å²) in [4.78, 5) is 13.2. The Labute approximate surface area is 127 Å². The molecule has 0 fully saturated rings. The van der Waals surface area contributed by atoms with E-state index in [4.69, 9.17) is 4.42 Å². The molecule has 22 heavy (non-hydrogen) atoms. The molecule has 0 unspecified atom stereocenters. The van der Waals surface area contributed by atoms with Gasteiger partial charge in [-0.1, -0.05) is 0 Å². The number of pyridine rings is 1. The fourth-order valence-electron chi connectivity index (χ4n) is 2.08. The smallest absolute Gasteiger partial charge is 0.363 e. The minimum absolute atomic E-state index is 0.136. The number of rotatable bonds is 5. The zero-order valence-electron chi connectivity index (χ0n) is 12.2. The van der Waals surface area contributed by atoms with Gasteiger partial charge in [0, 0.05) is 17.7 Å². The van der Waals surface area contributed by atoms with Crippen molar-refractivity contribution in [1.29, 1.82) is 0 Å². The van der Waals surface area contributed by atoms with Crippen LogP contribution in [0.1, 0.15) is 30.0 Å². The Kier molecular flexibility index (Phi) is 4.29. The zero-order valence-corrected chi connectivity index (χ0v) is 13.0. The van der Waals surface area contributed by atoms with Crippen LogP contribution in [0.5, 0.6) is 0 Å². The molecule has 0 saturated heterocycles. The molecule has 2 rings (SSSR count). The van der Waals surface area contributed by atoms with Crippen molar-refractivity contribution < 1.29 is 17.8 Å². The van der Waals surface area contributed by atoms with Crippen LogP contribution < -0.4 is 4.72 Å². The first-order valence-electron chi connectivity index (χ1n) is 6.40. The second kappa shape index (κ2) is 5.85. The van der Waals surface area contributed by atoms with Gasteiger partial charge in [-0.25, -0.2) is 13.1 Å². The highest BCUT2D eigenvalue weighted by Gasteiger charge is 2.23. The first kappa shape index (κ1) is 16.1. The van der Waals surface area contributed by atoms with E-state index < -0.39 is 26.8 Å². The number of nitrogens with one attached hydrogen (secondary N) is 1. The van der Waals surface area contributed by atoms with Crippen molar-refractivity contribution in [3.63, 3.8) is 0 Å². The minimum atomic E-state index is -3.83. The van der Waals surface area contributed by atoms with Crippen molar-refractivity contribution in [3.8, 4) is 0 Å². The summed E-state index contributed by atoms with van der Waals surface area (Å²) in [7, 11) is -3.83. The molecule has 9 heteroatoms.